The van der Waals surface area contributed by atoms with Crippen molar-refractivity contribution in [3.05, 3.63) is 12.2 Å². The third-order valence-corrected chi connectivity index (χ3v) is 12.3. The molecule has 0 amide bonds. The topological polar surface area (TPSA) is 78.9 Å². The summed E-state index contributed by atoms with van der Waals surface area (Å²) < 4.78 is 16.7. The third-order valence-electron chi connectivity index (χ3n) is 12.3. The summed E-state index contributed by atoms with van der Waals surface area (Å²) in [6.45, 7) is 6.60. The fourth-order valence-electron chi connectivity index (χ4n) is 8.14. The largest absolute Gasteiger partial charge is 0.462 e. The molecule has 6 heteroatoms. The SMILES string of the molecule is CCCCCCCCC/C=C\CCCCCCCCCC(=O)OC(COC(=O)CCCCCCC)COC(=O)CCCCCCCCCCCCCCCCCCCCCC. The smallest absolute Gasteiger partial charge is 0.306 e. The van der Waals surface area contributed by atoms with E-state index >= 15 is 0 Å². The molecule has 0 radical (unpaired) electrons. The van der Waals surface area contributed by atoms with Gasteiger partial charge in [0.05, 0.1) is 0 Å². The fraction of sp³-hybridized carbons (Fsp3) is 0.909. The van der Waals surface area contributed by atoms with E-state index in [-0.39, 0.29) is 31.1 Å². The predicted octanol–water partition coefficient (Wildman–Crippen LogP) is 17.8. The van der Waals surface area contributed by atoms with Crippen LogP contribution in [0.5, 0.6) is 0 Å². The molecule has 1 unspecified atom stereocenters. The lowest BCUT2D eigenvalue weighted by atomic mass is 10.0. The van der Waals surface area contributed by atoms with Crippen LogP contribution in [0.25, 0.3) is 0 Å². The molecule has 0 aliphatic rings. The van der Waals surface area contributed by atoms with E-state index in [1.165, 1.54) is 199 Å². The predicted molar refractivity (Wildman–Crippen MR) is 261 cm³/mol. The van der Waals surface area contributed by atoms with Crippen molar-refractivity contribution in [1.29, 1.82) is 0 Å². The molecule has 0 aliphatic heterocycles. The molecule has 0 aliphatic carbocycles. The highest BCUT2D eigenvalue weighted by Gasteiger charge is 2.19. The Bertz CT molecular complexity index is 947. The number of carbonyl (C=O) groups is 3. The van der Waals surface area contributed by atoms with Crippen molar-refractivity contribution in [3.8, 4) is 0 Å². The second kappa shape index (κ2) is 50.8. The summed E-state index contributed by atoms with van der Waals surface area (Å²) in [5, 5.41) is 0. The third kappa shape index (κ3) is 49.0. The Balaban J connectivity index is 4.08. The summed E-state index contributed by atoms with van der Waals surface area (Å²) in [6.07, 6.45) is 56.7. The van der Waals surface area contributed by atoms with Gasteiger partial charge in [0, 0.05) is 19.3 Å². The zero-order chi connectivity index (χ0) is 44.4. The van der Waals surface area contributed by atoms with Gasteiger partial charge in [-0.1, -0.05) is 251 Å². The van der Waals surface area contributed by atoms with Gasteiger partial charge in [0.2, 0.25) is 0 Å². The first-order valence-electron chi connectivity index (χ1n) is 27.2. The second-order valence-corrected chi connectivity index (χ2v) is 18.5. The van der Waals surface area contributed by atoms with Crippen LogP contribution in [0, 0.1) is 0 Å². The minimum Gasteiger partial charge on any atom is -0.462 e. The monoisotopic (exact) mass is 861 g/mol. The van der Waals surface area contributed by atoms with Crippen LogP contribution in [0.4, 0.5) is 0 Å². The second-order valence-electron chi connectivity index (χ2n) is 18.5. The van der Waals surface area contributed by atoms with Crippen molar-refractivity contribution in [2.45, 2.75) is 309 Å². The molecule has 1 atom stereocenters. The van der Waals surface area contributed by atoms with Crippen LogP contribution in [0.1, 0.15) is 303 Å². The number of hydrogen-bond donors (Lipinski definition) is 0. The molecule has 0 fully saturated rings. The van der Waals surface area contributed by atoms with E-state index in [4.69, 9.17) is 14.2 Å². The molecule has 0 aromatic carbocycles. The van der Waals surface area contributed by atoms with Gasteiger partial charge in [-0.05, 0) is 44.9 Å². The van der Waals surface area contributed by atoms with E-state index in [0.717, 1.165) is 64.2 Å². The van der Waals surface area contributed by atoms with E-state index in [2.05, 4.69) is 32.9 Å². The van der Waals surface area contributed by atoms with Crippen LogP contribution >= 0.6 is 0 Å². The molecule has 6 nitrogen and oxygen atoms in total. The first kappa shape index (κ1) is 59.1. The van der Waals surface area contributed by atoms with Crippen molar-refractivity contribution in [3.63, 3.8) is 0 Å². The quantitative estimate of drug-likeness (QED) is 0.0262. The van der Waals surface area contributed by atoms with Crippen LogP contribution in [0.15, 0.2) is 12.2 Å². The Kier molecular flexibility index (Phi) is 49.3. The molecule has 0 rings (SSSR count). The summed E-state index contributed by atoms with van der Waals surface area (Å²) in [6, 6.07) is 0. The lowest BCUT2D eigenvalue weighted by molar-refractivity contribution is -0.167. The minimum atomic E-state index is -0.764. The first-order valence-corrected chi connectivity index (χ1v) is 27.2. The molecule has 0 saturated carbocycles. The number of allylic oxidation sites excluding steroid dienone is 2. The van der Waals surface area contributed by atoms with Crippen molar-refractivity contribution in [2.24, 2.45) is 0 Å². The maximum absolute atomic E-state index is 12.7. The maximum atomic E-state index is 12.7. The van der Waals surface area contributed by atoms with Gasteiger partial charge in [-0.2, -0.15) is 0 Å². The average Bonchev–Trinajstić information content (AvgIpc) is 3.26. The summed E-state index contributed by atoms with van der Waals surface area (Å²) in [7, 11) is 0. The standard InChI is InChI=1S/C55H104O6/c1-4-7-10-13-15-17-19-21-23-25-27-28-30-31-33-35-37-39-42-45-48-54(57)60-51-52(50-59-53(56)47-44-41-12-9-6-3)61-55(58)49-46-43-40-38-36-34-32-29-26-24-22-20-18-16-14-11-8-5-2/h24,26,52H,4-23,25,27-51H2,1-3H3/b26-24-. The number of unbranched alkanes of at least 4 members (excludes halogenated alkanes) is 37. The molecule has 0 spiro atoms. The molecular weight excluding hydrogens is 757 g/mol. The van der Waals surface area contributed by atoms with E-state index < -0.39 is 6.10 Å². The number of rotatable bonds is 50. The lowest BCUT2D eigenvalue weighted by Gasteiger charge is -2.18. The number of esters is 3. The van der Waals surface area contributed by atoms with E-state index in [1.807, 2.05) is 0 Å². The summed E-state index contributed by atoms with van der Waals surface area (Å²) in [4.78, 5) is 37.7. The number of hydrogen-bond acceptors (Lipinski definition) is 6. The van der Waals surface area contributed by atoms with Gasteiger partial charge in [0.25, 0.3) is 0 Å². The zero-order valence-electron chi connectivity index (χ0n) is 41.2. The maximum Gasteiger partial charge on any atom is 0.306 e. The fourth-order valence-corrected chi connectivity index (χ4v) is 8.14. The molecule has 61 heavy (non-hydrogen) atoms. The Morgan fingerprint density at radius 3 is 0.820 bits per heavy atom. The molecule has 0 bridgehead atoms. The highest BCUT2D eigenvalue weighted by molar-refractivity contribution is 5.71. The van der Waals surface area contributed by atoms with Crippen LogP contribution in [0.2, 0.25) is 0 Å². The van der Waals surface area contributed by atoms with Crippen LogP contribution in [-0.2, 0) is 28.6 Å². The molecule has 0 saturated heterocycles. The van der Waals surface area contributed by atoms with Crippen molar-refractivity contribution in [1.82, 2.24) is 0 Å². The minimum absolute atomic E-state index is 0.0676. The molecule has 0 aromatic heterocycles. The Morgan fingerprint density at radius 1 is 0.311 bits per heavy atom. The van der Waals surface area contributed by atoms with Crippen molar-refractivity contribution < 1.29 is 28.6 Å². The molecule has 0 heterocycles. The van der Waals surface area contributed by atoms with Crippen molar-refractivity contribution in [2.75, 3.05) is 13.2 Å². The van der Waals surface area contributed by atoms with Gasteiger partial charge >= 0.3 is 17.9 Å². The van der Waals surface area contributed by atoms with Gasteiger partial charge in [0.1, 0.15) is 13.2 Å². The van der Waals surface area contributed by atoms with Crippen molar-refractivity contribution >= 4 is 17.9 Å². The highest BCUT2D eigenvalue weighted by Crippen LogP contribution is 2.17. The first-order chi connectivity index (χ1) is 30.0. The van der Waals surface area contributed by atoms with E-state index in [1.54, 1.807) is 0 Å². The van der Waals surface area contributed by atoms with Gasteiger partial charge in [-0.25, -0.2) is 0 Å². The molecule has 0 N–H and O–H groups in total. The highest BCUT2D eigenvalue weighted by atomic mass is 16.6. The number of ether oxygens (including phenoxy) is 3. The molecular formula is C55H104O6. The normalized spacial score (nSPS) is 12.0. The van der Waals surface area contributed by atoms with E-state index in [9.17, 15) is 14.4 Å². The molecule has 360 valence electrons. The summed E-state index contributed by atoms with van der Waals surface area (Å²) in [5.74, 6) is -0.869. The average molecular weight is 861 g/mol. The van der Waals surface area contributed by atoms with Crippen LogP contribution in [0.3, 0.4) is 0 Å². The van der Waals surface area contributed by atoms with Gasteiger partial charge in [0.15, 0.2) is 6.10 Å². The van der Waals surface area contributed by atoms with Gasteiger partial charge in [-0.15, -0.1) is 0 Å². The lowest BCUT2D eigenvalue weighted by Crippen LogP contribution is -2.30. The van der Waals surface area contributed by atoms with Crippen LogP contribution < -0.4 is 0 Å². The Morgan fingerprint density at radius 2 is 0.541 bits per heavy atom. The molecule has 0 aromatic rings. The summed E-state index contributed by atoms with van der Waals surface area (Å²) >= 11 is 0. The number of carbonyl (C=O) groups excluding carboxylic acids is 3. The van der Waals surface area contributed by atoms with Gasteiger partial charge < -0.3 is 14.2 Å². The van der Waals surface area contributed by atoms with E-state index in [0.29, 0.717) is 19.3 Å². The Hall–Kier alpha value is -1.85. The summed E-state index contributed by atoms with van der Waals surface area (Å²) in [5.41, 5.74) is 0. The van der Waals surface area contributed by atoms with Crippen LogP contribution in [-0.4, -0.2) is 37.2 Å². The zero-order valence-corrected chi connectivity index (χ0v) is 41.2. The van der Waals surface area contributed by atoms with Gasteiger partial charge in [-0.3, -0.25) is 14.4 Å². The Labute approximate surface area is 380 Å².